The maximum absolute atomic E-state index is 12.8. The molecular weight excluding hydrogens is 318 g/mol. The van der Waals surface area contributed by atoms with E-state index in [1.165, 1.54) is 0 Å². The van der Waals surface area contributed by atoms with Gasteiger partial charge in [-0.05, 0) is 42.7 Å². The molecule has 1 aromatic heterocycles. The van der Waals surface area contributed by atoms with Crippen molar-refractivity contribution in [3.8, 4) is 5.75 Å². The number of aryl methyl sites for hydroxylation is 1. The number of nitrogens with one attached hydrogen (secondary N) is 1. The number of piperazine rings is 1. The maximum atomic E-state index is 12.8. The molecule has 0 unspecified atom stereocenters. The van der Waals surface area contributed by atoms with Gasteiger partial charge in [0.25, 0.3) is 11.8 Å². The lowest BCUT2D eigenvalue weighted by molar-refractivity contribution is 0.0535. The van der Waals surface area contributed by atoms with Crippen molar-refractivity contribution >= 4 is 11.8 Å². The highest BCUT2D eigenvalue weighted by Gasteiger charge is 2.26. The van der Waals surface area contributed by atoms with Gasteiger partial charge in [0.1, 0.15) is 5.75 Å². The van der Waals surface area contributed by atoms with Gasteiger partial charge in [0.2, 0.25) is 0 Å². The van der Waals surface area contributed by atoms with Crippen molar-refractivity contribution in [2.45, 2.75) is 12.8 Å². The molecular formula is C19H21N3O3. The molecule has 130 valence electrons. The number of hydrogen-bond acceptors (Lipinski definition) is 3. The minimum absolute atomic E-state index is 0.0132. The van der Waals surface area contributed by atoms with Crippen LogP contribution >= 0.6 is 0 Å². The fraction of sp³-hybridized carbons (Fsp3) is 0.368. The number of fused-ring (bicyclic) bond motifs is 1. The first-order valence-electron chi connectivity index (χ1n) is 8.69. The van der Waals surface area contributed by atoms with Crippen LogP contribution in [-0.2, 0) is 6.42 Å². The summed E-state index contributed by atoms with van der Waals surface area (Å²) in [6.45, 7) is 2.98. The first kappa shape index (κ1) is 15.7. The van der Waals surface area contributed by atoms with Gasteiger partial charge < -0.3 is 19.5 Å². The molecule has 1 saturated heterocycles. The maximum Gasteiger partial charge on any atom is 0.255 e. The Balaban J connectivity index is 1.40. The number of ether oxygens (including phenoxy) is 1. The predicted molar refractivity (Wildman–Crippen MR) is 92.9 cm³/mol. The third-order valence-corrected chi connectivity index (χ3v) is 4.85. The van der Waals surface area contributed by atoms with E-state index in [-0.39, 0.29) is 11.8 Å². The summed E-state index contributed by atoms with van der Waals surface area (Å²) in [6.07, 6.45) is 5.39. The zero-order valence-corrected chi connectivity index (χ0v) is 14.0. The Hall–Kier alpha value is -2.76. The highest BCUT2D eigenvalue weighted by Crippen LogP contribution is 2.26. The summed E-state index contributed by atoms with van der Waals surface area (Å²) in [5.74, 6) is 0.936. The summed E-state index contributed by atoms with van der Waals surface area (Å²) in [4.78, 5) is 31.6. The van der Waals surface area contributed by atoms with E-state index in [9.17, 15) is 9.59 Å². The Kier molecular flexibility index (Phi) is 4.17. The van der Waals surface area contributed by atoms with Gasteiger partial charge in [-0.2, -0.15) is 0 Å². The molecule has 0 radical (unpaired) electrons. The number of rotatable bonds is 2. The van der Waals surface area contributed by atoms with Crippen LogP contribution in [0.25, 0.3) is 0 Å². The molecule has 0 spiro atoms. The molecule has 25 heavy (non-hydrogen) atoms. The minimum atomic E-state index is 0.0132. The van der Waals surface area contributed by atoms with Gasteiger partial charge in [-0.3, -0.25) is 9.59 Å². The van der Waals surface area contributed by atoms with E-state index in [2.05, 4.69) is 4.98 Å². The lowest BCUT2D eigenvalue weighted by Crippen LogP contribution is -2.50. The largest absolute Gasteiger partial charge is 0.493 e. The van der Waals surface area contributed by atoms with Crippen LogP contribution in [0.2, 0.25) is 0 Å². The minimum Gasteiger partial charge on any atom is -0.493 e. The van der Waals surface area contributed by atoms with E-state index in [0.717, 1.165) is 30.8 Å². The van der Waals surface area contributed by atoms with Gasteiger partial charge in [-0.15, -0.1) is 0 Å². The van der Waals surface area contributed by atoms with E-state index in [4.69, 9.17) is 4.74 Å². The van der Waals surface area contributed by atoms with Gasteiger partial charge in [0, 0.05) is 44.1 Å². The van der Waals surface area contributed by atoms with Crippen molar-refractivity contribution in [2.75, 3.05) is 32.8 Å². The van der Waals surface area contributed by atoms with Crippen LogP contribution in [0.3, 0.4) is 0 Å². The van der Waals surface area contributed by atoms with Gasteiger partial charge in [0.05, 0.1) is 12.2 Å². The van der Waals surface area contributed by atoms with Gasteiger partial charge >= 0.3 is 0 Å². The average molecular weight is 339 g/mol. The first-order valence-corrected chi connectivity index (χ1v) is 8.69. The molecule has 2 aliphatic rings. The predicted octanol–water partition coefficient (Wildman–Crippen LogP) is 1.94. The Morgan fingerprint density at radius 2 is 1.68 bits per heavy atom. The highest BCUT2D eigenvalue weighted by molar-refractivity contribution is 5.96. The zero-order valence-electron chi connectivity index (χ0n) is 14.0. The van der Waals surface area contributed by atoms with Crippen molar-refractivity contribution in [3.63, 3.8) is 0 Å². The molecule has 1 fully saturated rings. The van der Waals surface area contributed by atoms with Crippen LogP contribution < -0.4 is 4.74 Å². The second kappa shape index (κ2) is 6.63. The lowest BCUT2D eigenvalue weighted by Gasteiger charge is -2.34. The third kappa shape index (κ3) is 3.12. The number of aromatic nitrogens is 1. The van der Waals surface area contributed by atoms with Crippen molar-refractivity contribution in [1.82, 2.24) is 14.8 Å². The third-order valence-electron chi connectivity index (χ3n) is 4.85. The highest BCUT2D eigenvalue weighted by atomic mass is 16.5. The van der Waals surface area contributed by atoms with Crippen LogP contribution in [0, 0.1) is 0 Å². The van der Waals surface area contributed by atoms with Crippen molar-refractivity contribution < 1.29 is 14.3 Å². The normalized spacial score (nSPS) is 17.0. The van der Waals surface area contributed by atoms with Crippen LogP contribution in [0.15, 0.2) is 36.7 Å². The molecule has 1 aromatic carbocycles. The number of amides is 2. The van der Waals surface area contributed by atoms with E-state index >= 15 is 0 Å². The quantitative estimate of drug-likeness (QED) is 0.909. The molecule has 0 aliphatic carbocycles. The van der Waals surface area contributed by atoms with Crippen LogP contribution in [0.4, 0.5) is 0 Å². The second-order valence-electron chi connectivity index (χ2n) is 6.46. The summed E-state index contributed by atoms with van der Waals surface area (Å²) in [5.41, 5.74) is 2.47. The number of H-pyrrole nitrogens is 1. The van der Waals surface area contributed by atoms with Crippen molar-refractivity contribution in [2.24, 2.45) is 0 Å². The molecule has 6 nitrogen and oxygen atoms in total. The summed E-state index contributed by atoms with van der Waals surface area (Å²) >= 11 is 0. The van der Waals surface area contributed by atoms with Gasteiger partial charge in [-0.25, -0.2) is 0 Å². The van der Waals surface area contributed by atoms with Crippen LogP contribution in [-0.4, -0.2) is 59.4 Å². The number of aromatic amines is 1. The summed E-state index contributed by atoms with van der Waals surface area (Å²) < 4.78 is 5.61. The molecule has 4 rings (SSSR count). The Labute approximate surface area is 146 Å². The summed E-state index contributed by atoms with van der Waals surface area (Å²) in [6, 6.07) is 7.46. The number of benzene rings is 1. The van der Waals surface area contributed by atoms with E-state index in [0.29, 0.717) is 37.3 Å². The fourth-order valence-electron chi connectivity index (χ4n) is 3.43. The number of nitrogens with zero attached hydrogens (tertiary/aromatic N) is 2. The molecule has 0 atom stereocenters. The summed E-state index contributed by atoms with van der Waals surface area (Å²) in [7, 11) is 0. The molecule has 2 aromatic rings. The van der Waals surface area contributed by atoms with Crippen molar-refractivity contribution in [1.29, 1.82) is 0 Å². The topological polar surface area (TPSA) is 65.6 Å². The molecule has 0 bridgehead atoms. The molecule has 3 heterocycles. The number of hydrogen-bond donors (Lipinski definition) is 1. The Morgan fingerprint density at radius 3 is 2.36 bits per heavy atom. The van der Waals surface area contributed by atoms with E-state index < -0.39 is 0 Å². The Morgan fingerprint density at radius 1 is 0.960 bits per heavy atom. The second-order valence-corrected chi connectivity index (χ2v) is 6.46. The average Bonchev–Trinajstić information content (AvgIpc) is 3.21. The fourth-order valence-corrected chi connectivity index (χ4v) is 3.43. The standard InChI is InChI=1S/C19H21N3O3/c23-18(15-3-4-17-14(12-15)2-1-11-25-17)21-7-9-22(10-8-21)19(24)16-5-6-20-13-16/h3-6,12-13,20H,1-2,7-11H2. The summed E-state index contributed by atoms with van der Waals surface area (Å²) in [5, 5.41) is 0. The Bertz CT molecular complexity index is 777. The van der Waals surface area contributed by atoms with Crippen molar-refractivity contribution in [3.05, 3.63) is 53.3 Å². The lowest BCUT2D eigenvalue weighted by atomic mass is 10.0. The van der Waals surface area contributed by atoms with E-state index in [1.54, 1.807) is 23.4 Å². The van der Waals surface area contributed by atoms with Crippen LogP contribution in [0.5, 0.6) is 5.75 Å². The monoisotopic (exact) mass is 339 g/mol. The zero-order chi connectivity index (χ0) is 17.2. The molecule has 2 amide bonds. The SMILES string of the molecule is O=C(c1cc[nH]c1)N1CCN(C(=O)c2ccc3c(c2)CCCO3)CC1. The van der Waals surface area contributed by atoms with Crippen LogP contribution in [0.1, 0.15) is 32.7 Å². The number of carbonyl (C=O) groups is 2. The number of carbonyl (C=O) groups excluding carboxylic acids is 2. The van der Waals surface area contributed by atoms with Gasteiger partial charge in [-0.1, -0.05) is 0 Å². The van der Waals surface area contributed by atoms with Gasteiger partial charge in [0.15, 0.2) is 0 Å². The van der Waals surface area contributed by atoms with E-state index in [1.807, 2.05) is 23.1 Å². The molecule has 1 N–H and O–H groups in total. The molecule has 6 heteroatoms. The smallest absolute Gasteiger partial charge is 0.255 e. The molecule has 0 saturated carbocycles. The first-order chi connectivity index (χ1) is 12.2. The molecule has 2 aliphatic heterocycles.